The molecule has 1 atom stereocenters. The number of hydrogen-bond acceptors (Lipinski definition) is 7. The zero-order chi connectivity index (χ0) is 22.8. The summed E-state index contributed by atoms with van der Waals surface area (Å²) >= 11 is 0. The number of ether oxygens (including phenoxy) is 4. The third-order valence-corrected chi connectivity index (χ3v) is 5.85. The Kier molecular flexibility index (Phi) is 6.05. The van der Waals surface area contributed by atoms with Crippen LogP contribution in [-0.4, -0.2) is 52.1 Å². The van der Waals surface area contributed by atoms with Crippen LogP contribution in [0.5, 0.6) is 17.2 Å². The van der Waals surface area contributed by atoms with Gasteiger partial charge < -0.3 is 24.3 Å². The van der Waals surface area contributed by atoms with E-state index in [2.05, 4.69) is 5.32 Å². The van der Waals surface area contributed by atoms with Crippen LogP contribution in [0.15, 0.2) is 41.2 Å². The number of methoxy groups -OCH3 is 4. The molecule has 1 aliphatic heterocycles. The van der Waals surface area contributed by atoms with Gasteiger partial charge in [-0.15, -0.1) is 0 Å². The fourth-order valence-corrected chi connectivity index (χ4v) is 4.39. The van der Waals surface area contributed by atoms with Crippen molar-refractivity contribution in [1.82, 2.24) is 9.88 Å². The molecule has 4 rings (SSSR count). The molecule has 3 aromatic rings. The first kappa shape index (κ1) is 21.7. The molecule has 8 heteroatoms. The molecule has 1 saturated heterocycles. The lowest BCUT2D eigenvalue weighted by Crippen LogP contribution is -2.32. The first-order valence-corrected chi connectivity index (χ1v) is 10.3. The Morgan fingerprint density at radius 2 is 1.66 bits per heavy atom. The zero-order valence-electron chi connectivity index (χ0n) is 18.6. The molecule has 1 aromatic heterocycles. The number of fused-ring (bicyclic) bond motifs is 1. The van der Waals surface area contributed by atoms with E-state index in [1.807, 2.05) is 18.2 Å². The molecule has 32 heavy (non-hydrogen) atoms. The average Bonchev–Trinajstić information content (AvgIpc) is 3.36. The Morgan fingerprint density at radius 1 is 1.00 bits per heavy atom. The van der Waals surface area contributed by atoms with E-state index < -0.39 is 5.97 Å². The van der Waals surface area contributed by atoms with E-state index in [9.17, 15) is 9.59 Å². The molecule has 0 radical (unpaired) electrons. The number of pyridine rings is 1. The lowest BCUT2D eigenvalue weighted by molar-refractivity contribution is 0.0585. The summed E-state index contributed by atoms with van der Waals surface area (Å²) < 4.78 is 23.3. The second kappa shape index (κ2) is 8.92. The van der Waals surface area contributed by atoms with Crippen molar-refractivity contribution in [3.63, 3.8) is 0 Å². The lowest BCUT2D eigenvalue weighted by atomic mass is 9.95. The van der Waals surface area contributed by atoms with Gasteiger partial charge >= 0.3 is 5.97 Å². The van der Waals surface area contributed by atoms with Crippen LogP contribution in [0.3, 0.4) is 0 Å². The van der Waals surface area contributed by atoms with Gasteiger partial charge in [0.15, 0.2) is 11.5 Å². The molecule has 2 aromatic carbocycles. The smallest absolute Gasteiger partial charge is 0.355 e. The highest BCUT2D eigenvalue weighted by Crippen LogP contribution is 2.43. The summed E-state index contributed by atoms with van der Waals surface area (Å²) in [5.41, 5.74) is 1.22. The van der Waals surface area contributed by atoms with Crippen LogP contribution in [0.25, 0.3) is 21.9 Å². The topological polar surface area (TPSA) is 88.0 Å². The molecule has 0 amide bonds. The van der Waals surface area contributed by atoms with Gasteiger partial charge in [-0.2, -0.15) is 0 Å². The number of nitrogens with one attached hydrogen (secondary N) is 1. The fourth-order valence-electron chi connectivity index (χ4n) is 4.39. The molecule has 1 N–H and O–H groups in total. The molecular formula is C24H26N2O6. The van der Waals surface area contributed by atoms with E-state index in [1.165, 1.54) is 28.4 Å². The van der Waals surface area contributed by atoms with Gasteiger partial charge in [0.25, 0.3) is 5.56 Å². The Balaban J connectivity index is 2.17. The van der Waals surface area contributed by atoms with E-state index in [4.69, 9.17) is 18.9 Å². The van der Waals surface area contributed by atoms with E-state index in [-0.39, 0.29) is 17.3 Å². The number of hydrogen-bond donors (Lipinski definition) is 1. The Labute approximate surface area is 185 Å². The molecule has 1 unspecified atom stereocenters. The van der Waals surface area contributed by atoms with Crippen molar-refractivity contribution in [1.29, 1.82) is 0 Å². The maximum absolute atomic E-state index is 13.5. The van der Waals surface area contributed by atoms with Crippen molar-refractivity contribution < 1.29 is 23.7 Å². The highest BCUT2D eigenvalue weighted by atomic mass is 16.5. The standard InChI is InChI=1S/C24H26N2O6/c1-29-18-11-14(12-19(30-2)22(18)31-3)20-16-7-5-6-8-17(16)23(27)26(15-9-10-25-13-15)21(20)24(28)32-4/h5-8,11-12,15,25H,9-10,13H2,1-4H3. The summed E-state index contributed by atoms with van der Waals surface area (Å²) in [6.07, 6.45) is 0.733. The minimum Gasteiger partial charge on any atom is -0.493 e. The monoisotopic (exact) mass is 438 g/mol. The first-order chi connectivity index (χ1) is 15.5. The van der Waals surface area contributed by atoms with Gasteiger partial charge in [0.2, 0.25) is 5.75 Å². The predicted molar refractivity (Wildman–Crippen MR) is 121 cm³/mol. The van der Waals surface area contributed by atoms with Crippen LogP contribution in [-0.2, 0) is 4.74 Å². The third-order valence-electron chi connectivity index (χ3n) is 5.85. The average molecular weight is 438 g/mol. The number of benzene rings is 2. The molecule has 168 valence electrons. The van der Waals surface area contributed by atoms with Gasteiger partial charge in [-0.3, -0.25) is 9.36 Å². The number of nitrogens with zero attached hydrogens (tertiary/aromatic N) is 1. The minimum atomic E-state index is -0.580. The van der Waals surface area contributed by atoms with E-state index in [0.717, 1.165) is 13.0 Å². The van der Waals surface area contributed by atoms with Crippen LogP contribution in [0.1, 0.15) is 23.0 Å². The van der Waals surface area contributed by atoms with Crippen LogP contribution in [0.2, 0.25) is 0 Å². The molecule has 0 spiro atoms. The zero-order valence-corrected chi connectivity index (χ0v) is 18.6. The van der Waals surface area contributed by atoms with E-state index >= 15 is 0 Å². The number of carbonyl (C=O) groups excluding carboxylic acids is 1. The molecular weight excluding hydrogens is 412 g/mol. The van der Waals surface area contributed by atoms with Crippen molar-refractivity contribution in [2.45, 2.75) is 12.5 Å². The number of carbonyl (C=O) groups is 1. The minimum absolute atomic E-state index is 0.165. The van der Waals surface area contributed by atoms with Gasteiger partial charge in [-0.1, -0.05) is 18.2 Å². The second-order valence-electron chi connectivity index (χ2n) is 7.50. The maximum Gasteiger partial charge on any atom is 0.355 e. The molecule has 1 fully saturated rings. The van der Waals surface area contributed by atoms with Crippen LogP contribution >= 0.6 is 0 Å². The van der Waals surface area contributed by atoms with Gasteiger partial charge in [0, 0.05) is 17.5 Å². The molecule has 1 aliphatic rings. The van der Waals surface area contributed by atoms with Crippen molar-refractivity contribution in [3.05, 3.63) is 52.4 Å². The Bertz CT molecular complexity index is 1200. The lowest BCUT2D eigenvalue weighted by Gasteiger charge is -2.23. The van der Waals surface area contributed by atoms with E-state index in [0.29, 0.717) is 45.7 Å². The Hall–Kier alpha value is -3.52. The van der Waals surface area contributed by atoms with Crippen LogP contribution < -0.4 is 25.1 Å². The molecule has 0 aliphatic carbocycles. The summed E-state index contributed by atoms with van der Waals surface area (Å²) in [4.78, 5) is 26.7. The number of esters is 1. The fraction of sp³-hybridized carbons (Fsp3) is 0.333. The highest BCUT2D eigenvalue weighted by Gasteiger charge is 2.30. The van der Waals surface area contributed by atoms with Gasteiger partial charge in [0.1, 0.15) is 5.69 Å². The summed E-state index contributed by atoms with van der Waals surface area (Å²) in [5, 5.41) is 4.44. The summed E-state index contributed by atoms with van der Waals surface area (Å²) in [5.74, 6) is 0.753. The quantitative estimate of drug-likeness (QED) is 0.592. The second-order valence-corrected chi connectivity index (χ2v) is 7.50. The van der Waals surface area contributed by atoms with Crippen molar-refractivity contribution in [2.75, 3.05) is 41.5 Å². The first-order valence-electron chi connectivity index (χ1n) is 10.3. The van der Waals surface area contributed by atoms with Gasteiger partial charge in [-0.25, -0.2) is 4.79 Å². The molecule has 8 nitrogen and oxygen atoms in total. The SMILES string of the molecule is COC(=O)c1c(-c2cc(OC)c(OC)c(OC)c2)c2ccccc2c(=O)n1C1CCNC1. The number of rotatable bonds is 6. The highest BCUT2D eigenvalue weighted by molar-refractivity contribution is 6.07. The maximum atomic E-state index is 13.5. The number of aromatic nitrogens is 1. The van der Waals surface area contributed by atoms with Crippen molar-refractivity contribution >= 4 is 16.7 Å². The van der Waals surface area contributed by atoms with Crippen LogP contribution in [0.4, 0.5) is 0 Å². The van der Waals surface area contributed by atoms with Crippen molar-refractivity contribution in [2.24, 2.45) is 0 Å². The van der Waals surface area contributed by atoms with Crippen molar-refractivity contribution in [3.8, 4) is 28.4 Å². The van der Waals surface area contributed by atoms with Gasteiger partial charge in [0.05, 0.1) is 34.5 Å². The largest absolute Gasteiger partial charge is 0.493 e. The van der Waals surface area contributed by atoms with E-state index in [1.54, 1.807) is 22.8 Å². The Morgan fingerprint density at radius 3 is 2.19 bits per heavy atom. The normalized spacial score (nSPS) is 15.6. The van der Waals surface area contributed by atoms with Crippen LogP contribution in [0, 0.1) is 0 Å². The summed E-state index contributed by atoms with van der Waals surface area (Å²) in [6, 6.07) is 10.7. The molecule has 0 bridgehead atoms. The molecule has 0 saturated carbocycles. The summed E-state index contributed by atoms with van der Waals surface area (Å²) in [6.45, 7) is 1.36. The summed E-state index contributed by atoms with van der Waals surface area (Å²) in [7, 11) is 5.91. The van der Waals surface area contributed by atoms with Gasteiger partial charge in [-0.05, 0) is 42.1 Å². The third kappa shape index (κ3) is 3.46. The predicted octanol–water partition coefficient (Wildman–Crippen LogP) is 3.02. The molecule has 2 heterocycles.